The maximum Gasteiger partial charge on any atom is 0.145 e. The van der Waals surface area contributed by atoms with E-state index >= 15 is 0 Å². The maximum atomic E-state index is 13.3. The van der Waals surface area contributed by atoms with Gasteiger partial charge < -0.3 is 9.72 Å². The second-order valence-corrected chi connectivity index (χ2v) is 5.52. The molecule has 0 aliphatic rings. The Kier molecular flexibility index (Phi) is 3.46. The zero-order valence-corrected chi connectivity index (χ0v) is 13.0. The predicted molar refractivity (Wildman–Crippen MR) is 90.5 cm³/mol. The van der Waals surface area contributed by atoms with Crippen LogP contribution in [0.2, 0.25) is 0 Å². The topological polar surface area (TPSA) is 50.8 Å². The lowest BCUT2D eigenvalue weighted by molar-refractivity contribution is 0.476. The molecule has 0 spiro atoms. The first kappa shape index (κ1) is 14.4. The Bertz CT molecular complexity index is 1010. The fourth-order valence-electron chi connectivity index (χ4n) is 2.56. The van der Waals surface area contributed by atoms with Gasteiger partial charge in [0.2, 0.25) is 0 Å². The van der Waals surface area contributed by atoms with Crippen molar-refractivity contribution in [3.8, 4) is 22.9 Å². The van der Waals surface area contributed by atoms with E-state index in [1.807, 2.05) is 37.3 Å². The van der Waals surface area contributed by atoms with Gasteiger partial charge in [-0.3, -0.25) is 4.98 Å². The van der Waals surface area contributed by atoms with Gasteiger partial charge in [0.25, 0.3) is 0 Å². The molecule has 118 valence electrons. The number of hydrogen-bond acceptors (Lipinski definition) is 3. The minimum absolute atomic E-state index is 0.283. The van der Waals surface area contributed by atoms with Crippen molar-refractivity contribution >= 4 is 11.0 Å². The van der Waals surface area contributed by atoms with E-state index in [0.717, 1.165) is 22.4 Å². The summed E-state index contributed by atoms with van der Waals surface area (Å²) >= 11 is 0. The van der Waals surface area contributed by atoms with Gasteiger partial charge in [-0.25, -0.2) is 9.37 Å². The molecule has 0 aliphatic carbocycles. The van der Waals surface area contributed by atoms with Crippen molar-refractivity contribution in [2.75, 3.05) is 0 Å². The van der Waals surface area contributed by atoms with Crippen LogP contribution in [0, 0.1) is 12.7 Å². The van der Waals surface area contributed by atoms with Crippen LogP contribution in [-0.2, 0) is 0 Å². The highest BCUT2D eigenvalue weighted by molar-refractivity contribution is 5.79. The molecule has 2 aromatic heterocycles. The van der Waals surface area contributed by atoms with Gasteiger partial charge >= 0.3 is 0 Å². The molecule has 0 saturated carbocycles. The first-order valence-electron chi connectivity index (χ1n) is 7.53. The molecule has 2 heterocycles. The molecule has 0 bridgehead atoms. The second kappa shape index (κ2) is 5.77. The Morgan fingerprint density at radius 2 is 2.00 bits per heavy atom. The van der Waals surface area contributed by atoms with Crippen molar-refractivity contribution in [2.24, 2.45) is 0 Å². The van der Waals surface area contributed by atoms with Crippen molar-refractivity contribution in [1.29, 1.82) is 0 Å². The lowest BCUT2D eigenvalue weighted by Gasteiger charge is -2.09. The highest BCUT2D eigenvalue weighted by atomic mass is 19.1. The summed E-state index contributed by atoms with van der Waals surface area (Å²) in [5.41, 5.74) is 3.31. The van der Waals surface area contributed by atoms with Crippen molar-refractivity contribution in [1.82, 2.24) is 15.0 Å². The monoisotopic (exact) mass is 319 g/mol. The Labute approximate surface area is 138 Å². The van der Waals surface area contributed by atoms with Crippen LogP contribution in [0.3, 0.4) is 0 Å². The van der Waals surface area contributed by atoms with Crippen LogP contribution < -0.4 is 4.74 Å². The number of nitrogens with zero attached hydrogens (tertiary/aromatic N) is 2. The fraction of sp³-hybridized carbons (Fsp3) is 0.0526. The average Bonchev–Trinajstić information content (AvgIpc) is 3.01. The Hall–Kier alpha value is -3.21. The highest BCUT2D eigenvalue weighted by Crippen LogP contribution is 2.29. The van der Waals surface area contributed by atoms with Gasteiger partial charge in [-0.15, -0.1) is 0 Å². The minimum atomic E-state index is -0.283. The third kappa shape index (κ3) is 2.72. The molecular formula is C19H14FN3O. The summed E-state index contributed by atoms with van der Waals surface area (Å²) in [7, 11) is 0. The van der Waals surface area contributed by atoms with Gasteiger partial charge in [-0.1, -0.05) is 0 Å². The number of aromatic amines is 1. The number of ether oxygens (including phenoxy) is 1. The summed E-state index contributed by atoms with van der Waals surface area (Å²) in [4.78, 5) is 11.7. The van der Waals surface area contributed by atoms with E-state index in [4.69, 9.17) is 4.74 Å². The first-order chi connectivity index (χ1) is 11.7. The fourth-order valence-corrected chi connectivity index (χ4v) is 2.56. The molecule has 0 unspecified atom stereocenters. The largest absolute Gasteiger partial charge is 0.455 e. The number of fused-ring (bicyclic) bond motifs is 1. The van der Waals surface area contributed by atoms with Crippen LogP contribution in [0.5, 0.6) is 11.5 Å². The van der Waals surface area contributed by atoms with Crippen LogP contribution in [0.15, 0.2) is 60.9 Å². The van der Waals surface area contributed by atoms with Crippen LogP contribution in [0.25, 0.3) is 22.4 Å². The number of nitrogens with one attached hydrogen (secondary N) is 1. The molecule has 0 saturated heterocycles. The van der Waals surface area contributed by atoms with Gasteiger partial charge in [0.1, 0.15) is 23.1 Å². The van der Waals surface area contributed by atoms with Crippen molar-refractivity contribution in [3.63, 3.8) is 0 Å². The molecule has 0 fully saturated rings. The lowest BCUT2D eigenvalue weighted by Crippen LogP contribution is -1.89. The van der Waals surface area contributed by atoms with Crippen molar-refractivity contribution in [2.45, 2.75) is 6.92 Å². The van der Waals surface area contributed by atoms with Crippen LogP contribution in [0.1, 0.15) is 5.56 Å². The van der Waals surface area contributed by atoms with Gasteiger partial charge in [-0.05, 0) is 61.0 Å². The zero-order chi connectivity index (χ0) is 16.5. The molecule has 4 aromatic rings. The summed E-state index contributed by atoms with van der Waals surface area (Å²) < 4.78 is 19.1. The van der Waals surface area contributed by atoms with Gasteiger partial charge in [0.15, 0.2) is 0 Å². The Morgan fingerprint density at radius 1 is 1.08 bits per heavy atom. The van der Waals surface area contributed by atoms with E-state index in [0.29, 0.717) is 17.1 Å². The molecule has 0 aliphatic heterocycles. The van der Waals surface area contributed by atoms with E-state index in [-0.39, 0.29) is 5.82 Å². The zero-order valence-electron chi connectivity index (χ0n) is 13.0. The molecule has 1 N–H and O–H groups in total. The van der Waals surface area contributed by atoms with Crippen LogP contribution in [0.4, 0.5) is 4.39 Å². The number of imidazole rings is 1. The van der Waals surface area contributed by atoms with Crippen LogP contribution >= 0.6 is 0 Å². The van der Waals surface area contributed by atoms with E-state index in [2.05, 4.69) is 15.0 Å². The summed E-state index contributed by atoms with van der Waals surface area (Å²) in [5, 5.41) is 0. The van der Waals surface area contributed by atoms with Gasteiger partial charge in [0.05, 0.1) is 17.2 Å². The number of aromatic nitrogens is 3. The summed E-state index contributed by atoms with van der Waals surface area (Å²) in [6, 6.07) is 14.0. The number of benzene rings is 2. The molecule has 5 heteroatoms. The summed E-state index contributed by atoms with van der Waals surface area (Å²) in [5.74, 6) is 1.86. The first-order valence-corrected chi connectivity index (χ1v) is 7.53. The van der Waals surface area contributed by atoms with Gasteiger partial charge in [-0.2, -0.15) is 0 Å². The number of halogens is 1. The second-order valence-electron chi connectivity index (χ2n) is 5.52. The molecule has 2 aromatic carbocycles. The highest BCUT2D eigenvalue weighted by Gasteiger charge is 2.09. The molecular weight excluding hydrogens is 305 g/mol. The Morgan fingerprint density at radius 3 is 2.79 bits per heavy atom. The summed E-state index contributed by atoms with van der Waals surface area (Å²) in [6.45, 7) is 1.97. The standard InChI is InChI=1S/C19H14FN3O/c1-12-9-13(4-7-18(12)24-15-3-2-8-21-11-15)19-22-16-6-5-14(20)10-17(16)23-19/h2-11H,1H3,(H,22,23). The lowest BCUT2D eigenvalue weighted by atomic mass is 10.1. The van der Waals surface area contributed by atoms with Gasteiger partial charge in [0, 0.05) is 11.8 Å². The van der Waals surface area contributed by atoms with E-state index < -0.39 is 0 Å². The molecule has 0 atom stereocenters. The smallest absolute Gasteiger partial charge is 0.145 e. The number of pyridine rings is 1. The molecule has 0 amide bonds. The third-order valence-corrected chi connectivity index (χ3v) is 3.75. The minimum Gasteiger partial charge on any atom is -0.455 e. The van der Waals surface area contributed by atoms with Crippen LogP contribution in [-0.4, -0.2) is 15.0 Å². The van der Waals surface area contributed by atoms with Crippen molar-refractivity contribution < 1.29 is 9.13 Å². The molecule has 24 heavy (non-hydrogen) atoms. The SMILES string of the molecule is Cc1cc(-c2nc3ccc(F)cc3[nH]2)ccc1Oc1cccnc1. The van der Waals surface area contributed by atoms with Crippen molar-refractivity contribution in [3.05, 3.63) is 72.3 Å². The Balaban J connectivity index is 1.67. The predicted octanol–water partition coefficient (Wildman–Crippen LogP) is 4.86. The maximum absolute atomic E-state index is 13.3. The van der Waals surface area contributed by atoms with E-state index in [1.54, 1.807) is 18.5 Å². The number of rotatable bonds is 3. The quantitative estimate of drug-likeness (QED) is 0.586. The molecule has 4 nitrogen and oxygen atoms in total. The average molecular weight is 319 g/mol. The number of hydrogen-bond donors (Lipinski definition) is 1. The normalized spacial score (nSPS) is 10.9. The third-order valence-electron chi connectivity index (χ3n) is 3.75. The van der Waals surface area contributed by atoms with E-state index in [9.17, 15) is 4.39 Å². The number of H-pyrrole nitrogens is 1. The summed E-state index contributed by atoms with van der Waals surface area (Å²) in [6.07, 6.45) is 3.37. The number of aryl methyl sites for hydroxylation is 1. The molecule has 4 rings (SSSR count). The molecule has 0 radical (unpaired) electrons. The van der Waals surface area contributed by atoms with E-state index in [1.165, 1.54) is 12.1 Å².